The predicted octanol–water partition coefficient (Wildman–Crippen LogP) is 3.56. The quantitative estimate of drug-likeness (QED) is 0.755. The lowest BCUT2D eigenvalue weighted by molar-refractivity contribution is -0.0394. The van der Waals surface area contributed by atoms with E-state index in [2.05, 4.69) is 38.9 Å². The summed E-state index contributed by atoms with van der Waals surface area (Å²) in [5.74, 6) is 0.748. The van der Waals surface area contributed by atoms with Gasteiger partial charge in [-0.15, -0.1) is 0 Å². The second-order valence-electron chi connectivity index (χ2n) is 8.54. The van der Waals surface area contributed by atoms with Gasteiger partial charge in [0, 0.05) is 23.8 Å². The molecule has 1 atom stereocenters. The fraction of sp³-hybridized carbons (Fsp3) is 0.571. The first kappa shape index (κ1) is 19.5. The molecule has 1 unspecified atom stereocenters. The molecule has 28 heavy (non-hydrogen) atoms. The summed E-state index contributed by atoms with van der Waals surface area (Å²) >= 11 is 0. The molecular formula is C21H29BN2O4. The maximum Gasteiger partial charge on any atom is 0.499 e. The van der Waals surface area contributed by atoms with Gasteiger partial charge in [0.15, 0.2) is 0 Å². The first-order valence-corrected chi connectivity index (χ1v) is 10.0. The van der Waals surface area contributed by atoms with Crippen LogP contribution in [0.4, 0.5) is 0 Å². The van der Waals surface area contributed by atoms with E-state index in [1.807, 2.05) is 29.2 Å². The highest BCUT2D eigenvalue weighted by Crippen LogP contribution is 2.38. The molecule has 0 aliphatic carbocycles. The fourth-order valence-electron chi connectivity index (χ4n) is 3.74. The minimum atomic E-state index is -0.509. The van der Waals surface area contributed by atoms with E-state index in [-0.39, 0.29) is 6.23 Å². The summed E-state index contributed by atoms with van der Waals surface area (Å²) in [6.07, 6.45) is 7.20. The summed E-state index contributed by atoms with van der Waals surface area (Å²) in [6, 6.07) is 5.99. The molecule has 0 saturated carbocycles. The number of hydrogen-bond donors (Lipinski definition) is 0. The van der Waals surface area contributed by atoms with Crippen LogP contribution in [0.3, 0.4) is 0 Å². The molecule has 2 aromatic rings. The molecule has 0 spiro atoms. The summed E-state index contributed by atoms with van der Waals surface area (Å²) < 4.78 is 26.1. The van der Waals surface area contributed by atoms with E-state index in [1.165, 1.54) is 0 Å². The van der Waals surface area contributed by atoms with Crippen molar-refractivity contribution < 1.29 is 18.8 Å². The van der Waals surface area contributed by atoms with Gasteiger partial charge in [-0.2, -0.15) is 5.10 Å². The molecular weight excluding hydrogens is 355 g/mol. The lowest BCUT2D eigenvalue weighted by atomic mass is 9.74. The molecule has 2 aliphatic rings. The van der Waals surface area contributed by atoms with Gasteiger partial charge in [-0.3, -0.25) is 0 Å². The van der Waals surface area contributed by atoms with Crippen LogP contribution >= 0.6 is 0 Å². The Balaban J connectivity index is 1.72. The molecule has 3 heterocycles. The lowest BCUT2D eigenvalue weighted by Gasteiger charge is -2.32. The maximum absolute atomic E-state index is 6.32. The van der Waals surface area contributed by atoms with Crippen LogP contribution in [0.5, 0.6) is 5.75 Å². The summed E-state index contributed by atoms with van der Waals surface area (Å²) in [5.41, 5.74) is 2.05. The van der Waals surface area contributed by atoms with Gasteiger partial charge in [-0.25, -0.2) is 4.68 Å². The molecule has 1 aromatic carbocycles. The van der Waals surface area contributed by atoms with Crippen LogP contribution in [0.15, 0.2) is 30.6 Å². The molecule has 4 rings (SSSR count). The smallest absolute Gasteiger partial charge is 0.497 e. The average molecular weight is 384 g/mol. The second kappa shape index (κ2) is 7.21. The Morgan fingerprint density at radius 3 is 2.54 bits per heavy atom. The Kier molecular flexibility index (Phi) is 5.02. The van der Waals surface area contributed by atoms with Crippen LogP contribution in [0.1, 0.15) is 53.2 Å². The number of ether oxygens (including phenoxy) is 2. The zero-order chi connectivity index (χ0) is 19.9. The van der Waals surface area contributed by atoms with Gasteiger partial charge in [0.25, 0.3) is 0 Å². The molecule has 2 saturated heterocycles. The SMILES string of the molecule is COc1cccc(-c2cnn(C3CCCCO3)c2)c1B1OC(C)(C)C(C)(C)O1. The molecule has 1 aromatic heterocycles. The van der Waals surface area contributed by atoms with Crippen LogP contribution in [-0.2, 0) is 14.0 Å². The van der Waals surface area contributed by atoms with E-state index in [1.54, 1.807) is 7.11 Å². The Labute approximate surface area is 167 Å². The normalized spacial score (nSPS) is 23.8. The van der Waals surface area contributed by atoms with Crippen molar-refractivity contribution in [2.45, 2.75) is 64.4 Å². The third-order valence-corrected chi connectivity index (χ3v) is 6.14. The van der Waals surface area contributed by atoms with Crippen LogP contribution in [0.2, 0.25) is 0 Å². The molecule has 2 fully saturated rings. The third-order valence-electron chi connectivity index (χ3n) is 6.14. The number of rotatable bonds is 4. The first-order valence-electron chi connectivity index (χ1n) is 10.0. The number of nitrogens with zero attached hydrogens (tertiary/aromatic N) is 2. The van der Waals surface area contributed by atoms with Crippen LogP contribution in [0.25, 0.3) is 11.1 Å². The molecule has 0 N–H and O–H groups in total. The van der Waals surface area contributed by atoms with E-state index in [0.29, 0.717) is 0 Å². The highest BCUT2D eigenvalue weighted by Gasteiger charge is 2.53. The number of methoxy groups -OCH3 is 1. The molecule has 0 amide bonds. The van der Waals surface area contributed by atoms with Gasteiger partial charge in [-0.05, 0) is 58.6 Å². The zero-order valence-electron chi connectivity index (χ0n) is 17.4. The van der Waals surface area contributed by atoms with Crippen molar-refractivity contribution in [3.63, 3.8) is 0 Å². The van der Waals surface area contributed by atoms with E-state index in [0.717, 1.165) is 48.2 Å². The minimum Gasteiger partial charge on any atom is -0.497 e. The van der Waals surface area contributed by atoms with Gasteiger partial charge in [-0.1, -0.05) is 12.1 Å². The summed E-state index contributed by atoms with van der Waals surface area (Å²) in [6.45, 7) is 9.01. The summed E-state index contributed by atoms with van der Waals surface area (Å²) in [4.78, 5) is 0. The number of hydrogen-bond acceptors (Lipinski definition) is 5. The first-order chi connectivity index (χ1) is 13.3. The second-order valence-corrected chi connectivity index (χ2v) is 8.54. The molecule has 150 valence electrons. The van der Waals surface area contributed by atoms with Gasteiger partial charge in [0.2, 0.25) is 0 Å². The van der Waals surface area contributed by atoms with E-state index in [9.17, 15) is 0 Å². The van der Waals surface area contributed by atoms with Crippen LogP contribution < -0.4 is 10.2 Å². The zero-order valence-corrected chi connectivity index (χ0v) is 17.4. The number of benzene rings is 1. The molecule has 7 heteroatoms. The Hall–Kier alpha value is -1.83. The molecule has 6 nitrogen and oxygen atoms in total. The summed E-state index contributed by atoms with van der Waals surface area (Å²) in [5, 5.41) is 4.57. The van der Waals surface area contributed by atoms with E-state index >= 15 is 0 Å². The Bertz CT molecular complexity index is 827. The predicted molar refractivity (Wildman–Crippen MR) is 109 cm³/mol. The van der Waals surface area contributed by atoms with Crippen molar-refractivity contribution in [1.82, 2.24) is 9.78 Å². The highest BCUT2D eigenvalue weighted by atomic mass is 16.7. The topological polar surface area (TPSA) is 54.7 Å². The Morgan fingerprint density at radius 1 is 1.14 bits per heavy atom. The van der Waals surface area contributed by atoms with Crippen molar-refractivity contribution in [3.8, 4) is 16.9 Å². The van der Waals surface area contributed by atoms with Crippen molar-refractivity contribution in [3.05, 3.63) is 30.6 Å². The van der Waals surface area contributed by atoms with Crippen molar-refractivity contribution in [2.75, 3.05) is 13.7 Å². The fourth-order valence-corrected chi connectivity index (χ4v) is 3.74. The highest BCUT2D eigenvalue weighted by molar-refractivity contribution is 6.65. The minimum absolute atomic E-state index is 0.00778. The lowest BCUT2D eigenvalue weighted by Crippen LogP contribution is -2.41. The monoisotopic (exact) mass is 384 g/mol. The Morgan fingerprint density at radius 2 is 1.89 bits per heavy atom. The average Bonchev–Trinajstić information content (AvgIpc) is 3.24. The van der Waals surface area contributed by atoms with Gasteiger partial charge in [0.05, 0.1) is 24.5 Å². The van der Waals surface area contributed by atoms with Gasteiger partial charge < -0.3 is 18.8 Å². The summed E-state index contributed by atoms with van der Waals surface area (Å²) in [7, 11) is 1.16. The van der Waals surface area contributed by atoms with Crippen molar-refractivity contribution >= 4 is 12.6 Å². The van der Waals surface area contributed by atoms with Gasteiger partial charge in [0.1, 0.15) is 12.0 Å². The molecule has 2 aliphatic heterocycles. The van der Waals surface area contributed by atoms with E-state index < -0.39 is 18.3 Å². The van der Waals surface area contributed by atoms with Gasteiger partial charge >= 0.3 is 7.12 Å². The molecule has 0 bridgehead atoms. The molecule has 0 radical (unpaired) electrons. The largest absolute Gasteiger partial charge is 0.499 e. The third kappa shape index (κ3) is 3.36. The van der Waals surface area contributed by atoms with Crippen LogP contribution in [0, 0.1) is 0 Å². The maximum atomic E-state index is 6.32. The standard InChI is InChI=1S/C21H29BN2O4/c1-20(2)21(3,4)28-22(27-20)19-16(9-8-10-17(19)25-5)15-13-23-24(14-15)18-11-6-7-12-26-18/h8-10,13-14,18H,6-7,11-12H2,1-5H3. The van der Waals surface area contributed by atoms with Crippen molar-refractivity contribution in [1.29, 1.82) is 0 Å². The van der Waals surface area contributed by atoms with E-state index in [4.69, 9.17) is 18.8 Å². The number of aromatic nitrogens is 2. The van der Waals surface area contributed by atoms with Crippen molar-refractivity contribution in [2.24, 2.45) is 0 Å². The van der Waals surface area contributed by atoms with Crippen LogP contribution in [-0.4, -0.2) is 41.8 Å².